The molecule has 0 aliphatic carbocycles. The van der Waals surface area contributed by atoms with E-state index in [1.807, 2.05) is 19.3 Å². The van der Waals surface area contributed by atoms with E-state index in [-0.39, 0.29) is 0 Å². The van der Waals surface area contributed by atoms with Gasteiger partial charge in [0.25, 0.3) is 0 Å². The van der Waals surface area contributed by atoms with Gasteiger partial charge in [0.1, 0.15) is 4.60 Å². The molecule has 2 rings (SSSR count). The quantitative estimate of drug-likeness (QED) is 0.715. The van der Waals surface area contributed by atoms with Crippen molar-refractivity contribution in [3.05, 3.63) is 16.9 Å². The van der Waals surface area contributed by atoms with Gasteiger partial charge in [-0.3, -0.25) is 4.68 Å². The maximum Gasteiger partial charge on any atom is 0.243 e. The summed E-state index contributed by atoms with van der Waals surface area (Å²) in [6.45, 7) is 0. The van der Waals surface area contributed by atoms with Crippen molar-refractivity contribution in [2.75, 3.05) is 7.11 Å². The lowest BCUT2D eigenvalue weighted by Crippen LogP contribution is -1.90. The smallest absolute Gasteiger partial charge is 0.243 e. The number of halogens is 1. The first-order valence-corrected chi connectivity index (χ1v) is 4.54. The summed E-state index contributed by atoms with van der Waals surface area (Å²) in [5.41, 5.74) is 0.785. The Morgan fingerprint density at radius 2 is 2.31 bits per heavy atom. The second-order valence-corrected chi connectivity index (χ2v) is 3.51. The first-order chi connectivity index (χ1) is 6.20. The molecule has 0 amide bonds. The zero-order chi connectivity index (χ0) is 9.42. The number of aromatic nitrogens is 3. The van der Waals surface area contributed by atoms with E-state index in [4.69, 9.17) is 4.74 Å². The number of fused-ring (bicyclic) bond motifs is 1. The highest BCUT2D eigenvalue weighted by Crippen LogP contribution is 2.24. The van der Waals surface area contributed by atoms with Crippen molar-refractivity contribution in [3.8, 4) is 5.88 Å². The molecule has 2 aromatic heterocycles. The van der Waals surface area contributed by atoms with Crippen LogP contribution in [0.1, 0.15) is 0 Å². The Kier molecular flexibility index (Phi) is 1.95. The largest absolute Gasteiger partial charge is 0.479 e. The normalized spacial score (nSPS) is 10.7. The Balaban J connectivity index is 2.80. The van der Waals surface area contributed by atoms with Gasteiger partial charge in [0.15, 0.2) is 5.52 Å². The molecule has 0 aliphatic rings. The fourth-order valence-electron chi connectivity index (χ4n) is 1.23. The van der Waals surface area contributed by atoms with Gasteiger partial charge in [0.2, 0.25) is 5.88 Å². The highest BCUT2D eigenvalue weighted by molar-refractivity contribution is 9.10. The second-order valence-electron chi connectivity index (χ2n) is 2.69. The average Bonchev–Trinajstić information content (AvgIpc) is 2.43. The molecule has 0 atom stereocenters. The molecule has 4 nitrogen and oxygen atoms in total. The molecule has 0 unspecified atom stereocenters. The summed E-state index contributed by atoms with van der Waals surface area (Å²) in [4.78, 5) is 4.15. The van der Waals surface area contributed by atoms with Gasteiger partial charge in [-0.05, 0) is 22.0 Å². The number of ether oxygens (including phenoxy) is 1. The lowest BCUT2D eigenvalue weighted by molar-refractivity contribution is 0.401. The summed E-state index contributed by atoms with van der Waals surface area (Å²) in [5, 5.41) is 5.25. The molecule has 0 aliphatic heterocycles. The van der Waals surface area contributed by atoms with Crippen LogP contribution in [0.3, 0.4) is 0 Å². The van der Waals surface area contributed by atoms with Crippen LogP contribution in [-0.2, 0) is 7.05 Å². The van der Waals surface area contributed by atoms with Crippen LogP contribution in [-0.4, -0.2) is 21.9 Å². The third-order valence-corrected chi connectivity index (χ3v) is 2.14. The lowest BCUT2D eigenvalue weighted by atomic mass is 10.3. The van der Waals surface area contributed by atoms with Crippen molar-refractivity contribution in [3.63, 3.8) is 0 Å². The van der Waals surface area contributed by atoms with Gasteiger partial charge < -0.3 is 4.74 Å². The molecule has 2 heterocycles. The fraction of sp³-hybridized carbons (Fsp3) is 0.250. The van der Waals surface area contributed by atoms with Gasteiger partial charge in [0.05, 0.1) is 7.11 Å². The topological polar surface area (TPSA) is 39.9 Å². The van der Waals surface area contributed by atoms with E-state index in [1.54, 1.807) is 11.8 Å². The molecular weight excluding hydrogens is 234 g/mol. The highest BCUT2D eigenvalue weighted by atomic mass is 79.9. The Morgan fingerprint density at radius 3 is 3.00 bits per heavy atom. The predicted molar refractivity (Wildman–Crippen MR) is 52.8 cm³/mol. The van der Waals surface area contributed by atoms with Crippen LogP contribution in [0.5, 0.6) is 5.88 Å². The first kappa shape index (κ1) is 8.50. The molecule has 5 heteroatoms. The summed E-state index contributed by atoms with van der Waals surface area (Å²) in [6, 6.07) is 1.91. The Labute approximate surface area is 83.7 Å². The van der Waals surface area contributed by atoms with Crippen LogP contribution < -0.4 is 4.74 Å². The van der Waals surface area contributed by atoms with E-state index in [2.05, 4.69) is 26.0 Å². The molecule has 0 bridgehead atoms. The summed E-state index contributed by atoms with van der Waals surface area (Å²) < 4.78 is 7.60. The number of pyridine rings is 1. The predicted octanol–water partition coefficient (Wildman–Crippen LogP) is 1.74. The number of aryl methyl sites for hydroxylation is 1. The van der Waals surface area contributed by atoms with Crippen LogP contribution in [0, 0.1) is 0 Å². The maximum absolute atomic E-state index is 5.10. The second kappa shape index (κ2) is 2.99. The van der Waals surface area contributed by atoms with Gasteiger partial charge in [0, 0.05) is 18.6 Å². The summed E-state index contributed by atoms with van der Waals surface area (Å²) in [7, 11) is 3.45. The Hall–Kier alpha value is -1.10. The van der Waals surface area contributed by atoms with E-state index in [1.165, 1.54) is 0 Å². The minimum atomic E-state index is 0.546. The zero-order valence-corrected chi connectivity index (χ0v) is 8.87. The average molecular weight is 242 g/mol. The van der Waals surface area contributed by atoms with Crippen LogP contribution in [0.2, 0.25) is 0 Å². The zero-order valence-electron chi connectivity index (χ0n) is 7.28. The molecule has 0 aromatic carbocycles. The van der Waals surface area contributed by atoms with Crippen molar-refractivity contribution in [2.45, 2.75) is 0 Å². The van der Waals surface area contributed by atoms with Crippen LogP contribution in [0.4, 0.5) is 0 Å². The molecule has 68 valence electrons. The van der Waals surface area contributed by atoms with Crippen molar-refractivity contribution >= 4 is 26.8 Å². The van der Waals surface area contributed by atoms with E-state index in [9.17, 15) is 0 Å². The minimum absolute atomic E-state index is 0.546. The summed E-state index contributed by atoms with van der Waals surface area (Å²) in [5.74, 6) is 0.546. The van der Waals surface area contributed by atoms with Crippen molar-refractivity contribution < 1.29 is 4.74 Å². The molecule has 0 fully saturated rings. The SMILES string of the molecule is COc1nc(Br)cc2cn(C)nc12. The van der Waals surface area contributed by atoms with Gasteiger partial charge in [-0.25, -0.2) is 4.98 Å². The van der Waals surface area contributed by atoms with Gasteiger partial charge in [-0.15, -0.1) is 0 Å². The van der Waals surface area contributed by atoms with E-state index >= 15 is 0 Å². The molecule has 2 aromatic rings. The lowest BCUT2D eigenvalue weighted by Gasteiger charge is -1.98. The molecule has 0 saturated heterocycles. The fourth-order valence-corrected chi connectivity index (χ4v) is 1.64. The van der Waals surface area contributed by atoms with Crippen LogP contribution in [0.25, 0.3) is 10.9 Å². The van der Waals surface area contributed by atoms with Crippen molar-refractivity contribution in [1.29, 1.82) is 0 Å². The monoisotopic (exact) mass is 241 g/mol. The third kappa shape index (κ3) is 1.39. The number of methoxy groups -OCH3 is 1. The number of hydrogen-bond acceptors (Lipinski definition) is 3. The van der Waals surface area contributed by atoms with E-state index in [0.29, 0.717) is 5.88 Å². The molecular formula is C8H8BrN3O. The third-order valence-electron chi connectivity index (χ3n) is 1.74. The van der Waals surface area contributed by atoms with Gasteiger partial charge in [-0.1, -0.05) is 0 Å². The summed E-state index contributed by atoms with van der Waals surface area (Å²) >= 11 is 3.31. The molecule has 0 spiro atoms. The Bertz CT molecular complexity index is 452. The number of hydrogen-bond donors (Lipinski definition) is 0. The molecule has 0 radical (unpaired) electrons. The standard InChI is InChI=1S/C8H8BrN3O/c1-12-4-5-3-6(9)10-8(13-2)7(5)11-12/h3-4H,1-2H3. The molecule has 13 heavy (non-hydrogen) atoms. The summed E-state index contributed by atoms with van der Waals surface area (Å²) in [6.07, 6.45) is 1.92. The first-order valence-electron chi connectivity index (χ1n) is 3.74. The van der Waals surface area contributed by atoms with Crippen LogP contribution >= 0.6 is 15.9 Å². The van der Waals surface area contributed by atoms with Gasteiger partial charge in [-0.2, -0.15) is 5.10 Å². The molecule has 0 saturated carbocycles. The van der Waals surface area contributed by atoms with Crippen molar-refractivity contribution in [1.82, 2.24) is 14.8 Å². The highest BCUT2D eigenvalue weighted by Gasteiger charge is 2.08. The van der Waals surface area contributed by atoms with E-state index in [0.717, 1.165) is 15.5 Å². The minimum Gasteiger partial charge on any atom is -0.479 e. The van der Waals surface area contributed by atoms with Crippen LogP contribution in [0.15, 0.2) is 16.9 Å². The number of nitrogens with zero attached hydrogens (tertiary/aromatic N) is 3. The van der Waals surface area contributed by atoms with Crippen molar-refractivity contribution in [2.24, 2.45) is 7.05 Å². The Morgan fingerprint density at radius 1 is 1.54 bits per heavy atom. The van der Waals surface area contributed by atoms with E-state index < -0.39 is 0 Å². The van der Waals surface area contributed by atoms with Gasteiger partial charge >= 0.3 is 0 Å². The maximum atomic E-state index is 5.10. The molecule has 0 N–H and O–H groups in total. The number of rotatable bonds is 1.